The Balaban J connectivity index is 1.35. The third-order valence-corrected chi connectivity index (χ3v) is 6.34. The largest absolute Gasteiger partial charge is 0.497 e. The highest BCUT2D eigenvalue weighted by molar-refractivity contribution is 6.07. The van der Waals surface area contributed by atoms with E-state index < -0.39 is 5.54 Å². The fourth-order valence-electron chi connectivity index (χ4n) is 4.39. The maximum absolute atomic E-state index is 13.3. The highest BCUT2D eigenvalue weighted by atomic mass is 16.5. The van der Waals surface area contributed by atoms with Crippen molar-refractivity contribution in [3.05, 3.63) is 65.7 Å². The average Bonchev–Trinajstić information content (AvgIpc) is 3.06. The molecule has 2 fully saturated rings. The molecule has 4 rings (SSSR count). The van der Waals surface area contributed by atoms with E-state index in [0.29, 0.717) is 13.1 Å². The molecular formula is C24H30N4O3. The summed E-state index contributed by atoms with van der Waals surface area (Å²) in [5, 5.41) is 2.96. The van der Waals surface area contributed by atoms with Crippen LogP contribution in [0.5, 0.6) is 5.75 Å². The zero-order chi connectivity index (χ0) is 21.8. The van der Waals surface area contributed by atoms with Crippen LogP contribution in [0.2, 0.25) is 0 Å². The van der Waals surface area contributed by atoms with Gasteiger partial charge < -0.3 is 10.1 Å². The molecule has 0 spiro atoms. The molecule has 2 saturated heterocycles. The molecule has 2 aromatic carbocycles. The van der Waals surface area contributed by atoms with Gasteiger partial charge in [0.25, 0.3) is 5.91 Å². The second-order valence-electron chi connectivity index (χ2n) is 8.17. The Bertz CT molecular complexity index is 910. The average molecular weight is 423 g/mol. The fourth-order valence-corrected chi connectivity index (χ4v) is 4.39. The Morgan fingerprint density at radius 2 is 1.58 bits per heavy atom. The van der Waals surface area contributed by atoms with Gasteiger partial charge in [-0.05, 0) is 29.7 Å². The van der Waals surface area contributed by atoms with Crippen molar-refractivity contribution in [3.8, 4) is 5.75 Å². The standard InChI is InChI=1S/C24H30N4O3/c1-3-24(20-7-5-4-6-8-20)22(29)28(23(30)25-24)18-27-15-13-26(14-16-27)17-19-9-11-21(31-2)12-10-19/h4-12H,3,13-18H2,1-2H3,(H,25,30)/t24-/m1/s1. The summed E-state index contributed by atoms with van der Waals surface area (Å²) in [6, 6.07) is 17.4. The predicted octanol–water partition coefficient (Wildman–Crippen LogP) is 2.63. The number of imide groups is 1. The molecule has 2 aromatic rings. The molecule has 3 amide bonds. The van der Waals surface area contributed by atoms with Crippen LogP contribution >= 0.6 is 0 Å². The quantitative estimate of drug-likeness (QED) is 0.695. The molecule has 0 aromatic heterocycles. The SMILES string of the molecule is CC[C@]1(c2ccccc2)NC(=O)N(CN2CCN(Cc3ccc(OC)cc3)CC2)C1=O. The van der Waals surface area contributed by atoms with E-state index in [9.17, 15) is 9.59 Å². The maximum Gasteiger partial charge on any atom is 0.326 e. The van der Waals surface area contributed by atoms with Crippen molar-refractivity contribution in [2.24, 2.45) is 0 Å². The normalized spacial score (nSPS) is 22.6. The number of carbonyl (C=O) groups is 2. The van der Waals surface area contributed by atoms with Gasteiger partial charge in [0, 0.05) is 32.7 Å². The highest BCUT2D eigenvalue weighted by Gasteiger charge is 2.51. The first-order chi connectivity index (χ1) is 15.1. The summed E-state index contributed by atoms with van der Waals surface area (Å²) in [7, 11) is 1.67. The molecule has 1 N–H and O–H groups in total. The molecule has 0 radical (unpaired) electrons. The van der Waals surface area contributed by atoms with E-state index in [-0.39, 0.29) is 11.9 Å². The molecule has 7 nitrogen and oxygen atoms in total. The number of methoxy groups -OCH3 is 1. The lowest BCUT2D eigenvalue weighted by atomic mass is 9.87. The van der Waals surface area contributed by atoms with E-state index in [1.807, 2.05) is 49.4 Å². The Labute approximate surface area is 183 Å². The van der Waals surface area contributed by atoms with Crippen molar-refractivity contribution < 1.29 is 14.3 Å². The number of benzene rings is 2. The lowest BCUT2D eigenvalue weighted by Gasteiger charge is -2.36. The minimum absolute atomic E-state index is 0.160. The van der Waals surface area contributed by atoms with E-state index >= 15 is 0 Å². The van der Waals surface area contributed by atoms with Gasteiger partial charge in [-0.25, -0.2) is 9.69 Å². The van der Waals surface area contributed by atoms with Crippen molar-refractivity contribution in [3.63, 3.8) is 0 Å². The number of nitrogens with one attached hydrogen (secondary N) is 1. The van der Waals surface area contributed by atoms with Crippen molar-refractivity contribution in [1.29, 1.82) is 0 Å². The summed E-state index contributed by atoms with van der Waals surface area (Å²) in [5.41, 5.74) is 1.12. The number of piperazine rings is 1. The second kappa shape index (κ2) is 9.08. The fraction of sp³-hybridized carbons (Fsp3) is 0.417. The number of ether oxygens (including phenoxy) is 1. The maximum atomic E-state index is 13.3. The second-order valence-corrected chi connectivity index (χ2v) is 8.17. The molecule has 164 valence electrons. The van der Waals surface area contributed by atoms with Gasteiger partial charge in [-0.1, -0.05) is 49.4 Å². The minimum Gasteiger partial charge on any atom is -0.497 e. The summed E-state index contributed by atoms with van der Waals surface area (Å²) in [6.07, 6.45) is 0.522. The van der Waals surface area contributed by atoms with Gasteiger partial charge in [-0.2, -0.15) is 0 Å². The number of rotatable bonds is 7. The first kappa shape index (κ1) is 21.3. The molecule has 2 aliphatic rings. The molecule has 0 aliphatic carbocycles. The van der Waals surface area contributed by atoms with E-state index in [0.717, 1.165) is 44.0 Å². The lowest BCUT2D eigenvalue weighted by molar-refractivity contribution is -0.133. The van der Waals surface area contributed by atoms with Crippen molar-refractivity contribution in [2.75, 3.05) is 40.0 Å². The lowest BCUT2D eigenvalue weighted by Crippen LogP contribution is -2.51. The van der Waals surface area contributed by atoms with Crippen molar-refractivity contribution in [2.45, 2.75) is 25.4 Å². The summed E-state index contributed by atoms with van der Waals surface area (Å²) >= 11 is 0. The zero-order valence-corrected chi connectivity index (χ0v) is 18.2. The van der Waals surface area contributed by atoms with Gasteiger partial charge in [0.15, 0.2) is 0 Å². The summed E-state index contributed by atoms with van der Waals surface area (Å²) in [6.45, 7) is 6.58. The van der Waals surface area contributed by atoms with Crippen molar-refractivity contribution >= 4 is 11.9 Å². The Hall–Kier alpha value is -2.90. The summed E-state index contributed by atoms with van der Waals surface area (Å²) in [5.74, 6) is 0.702. The van der Waals surface area contributed by atoms with Gasteiger partial charge in [-0.3, -0.25) is 14.6 Å². The Morgan fingerprint density at radius 3 is 2.19 bits per heavy atom. The number of hydrogen-bond donors (Lipinski definition) is 1. The molecular weight excluding hydrogens is 392 g/mol. The van der Waals surface area contributed by atoms with Gasteiger partial charge in [0.2, 0.25) is 0 Å². The van der Waals surface area contributed by atoms with Crippen LogP contribution in [0.3, 0.4) is 0 Å². The zero-order valence-electron chi connectivity index (χ0n) is 18.2. The summed E-state index contributed by atoms with van der Waals surface area (Å²) in [4.78, 5) is 32.0. The first-order valence-electron chi connectivity index (χ1n) is 10.8. The van der Waals surface area contributed by atoms with Crippen LogP contribution in [-0.4, -0.2) is 66.6 Å². The molecule has 0 bridgehead atoms. The van der Waals surface area contributed by atoms with Gasteiger partial charge in [0.1, 0.15) is 11.3 Å². The molecule has 2 aliphatic heterocycles. The highest BCUT2D eigenvalue weighted by Crippen LogP contribution is 2.32. The van der Waals surface area contributed by atoms with E-state index in [4.69, 9.17) is 4.74 Å². The van der Waals surface area contributed by atoms with E-state index in [1.54, 1.807) is 7.11 Å². The third-order valence-electron chi connectivity index (χ3n) is 6.34. The predicted molar refractivity (Wildman–Crippen MR) is 118 cm³/mol. The molecule has 0 unspecified atom stereocenters. The van der Waals surface area contributed by atoms with Gasteiger partial charge in [0.05, 0.1) is 13.8 Å². The van der Waals surface area contributed by atoms with Crippen LogP contribution < -0.4 is 10.1 Å². The molecule has 1 atom stereocenters. The Morgan fingerprint density at radius 1 is 0.935 bits per heavy atom. The third kappa shape index (κ3) is 4.29. The topological polar surface area (TPSA) is 65.1 Å². The van der Waals surface area contributed by atoms with Crippen LogP contribution in [-0.2, 0) is 16.9 Å². The van der Waals surface area contributed by atoms with E-state index in [1.165, 1.54) is 10.5 Å². The smallest absolute Gasteiger partial charge is 0.326 e. The van der Waals surface area contributed by atoms with Crippen LogP contribution in [0.4, 0.5) is 4.79 Å². The number of nitrogens with zero attached hydrogens (tertiary/aromatic N) is 3. The molecule has 0 saturated carbocycles. The number of carbonyl (C=O) groups excluding carboxylic acids is 2. The van der Waals surface area contributed by atoms with Crippen LogP contribution in [0, 0.1) is 0 Å². The number of amides is 3. The minimum atomic E-state index is -0.964. The number of hydrogen-bond acceptors (Lipinski definition) is 5. The molecule has 31 heavy (non-hydrogen) atoms. The van der Waals surface area contributed by atoms with Gasteiger partial charge >= 0.3 is 6.03 Å². The number of urea groups is 1. The van der Waals surface area contributed by atoms with E-state index in [2.05, 4.69) is 27.2 Å². The van der Waals surface area contributed by atoms with Crippen LogP contribution in [0.1, 0.15) is 24.5 Å². The summed E-state index contributed by atoms with van der Waals surface area (Å²) < 4.78 is 5.22. The monoisotopic (exact) mass is 422 g/mol. The van der Waals surface area contributed by atoms with Crippen LogP contribution in [0.15, 0.2) is 54.6 Å². The molecule has 7 heteroatoms. The molecule has 2 heterocycles. The van der Waals surface area contributed by atoms with Crippen molar-refractivity contribution in [1.82, 2.24) is 20.0 Å². The Kier molecular flexibility index (Phi) is 6.25. The first-order valence-corrected chi connectivity index (χ1v) is 10.8. The van der Waals surface area contributed by atoms with Crippen LogP contribution in [0.25, 0.3) is 0 Å². The van der Waals surface area contributed by atoms with Gasteiger partial charge in [-0.15, -0.1) is 0 Å².